The highest BCUT2D eigenvalue weighted by Crippen LogP contribution is 2.29. The Hall–Kier alpha value is -0.550. The number of nitrogens with one attached hydrogen (secondary N) is 1. The first-order valence-corrected chi connectivity index (χ1v) is 8.96. The minimum Gasteiger partial charge on any atom is -0.394 e. The zero-order valence-corrected chi connectivity index (χ0v) is 13.7. The number of aliphatic hydroxyl groups is 1. The third-order valence-corrected chi connectivity index (χ3v) is 5.54. The predicted molar refractivity (Wildman–Crippen MR) is 89.8 cm³/mol. The standard InChI is InChI=1S/C17H27NO2S/c1-2-18-17(14-19,15-6-4-3-5-7-15)10-13-21-16-8-11-20-12-9-16/h3-7,16,18-19H,2,8-14H2,1H3. The van der Waals surface area contributed by atoms with Crippen LogP contribution in [0.25, 0.3) is 0 Å². The summed E-state index contributed by atoms with van der Waals surface area (Å²) in [6, 6.07) is 10.3. The van der Waals surface area contributed by atoms with Crippen LogP contribution in [-0.4, -0.2) is 42.5 Å². The first kappa shape index (κ1) is 16.8. The fourth-order valence-electron chi connectivity index (χ4n) is 2.90. The normalized spacial score (nSPS) is 19.3. The molecule has 1 fully saturated rings. The summed E-state index contributed by atoms with van der Waals surface area (Å²) in [6.45, 7) is 4.89. The number of benzene rings is 1. The Kier molecular flexibility index (Phi) is 7.04. The molecule has 2 N–H and O–H groups in total. The van der Waals surface area contributed by atoms with Gasteiger partial charge >= 0.3 is 0 Å². The van der Waals surface area contributed by atoms with Crippen molar-refractivity contribution in [1.29, 1.82) is 0 Å². The van der Waals surface area contributed by atoms with Crippen LogP contribution in [0.3, 0.4) is 0 Å². The highest BCUT2D eigenvalue weighted by Gasteiger charge is 2.30. The lowest BCUT2D eigenvalue weighted by atomic mass is 9.88. The number of rotatable bonds is 8. The van der Waals surface area contributed by atoms with E-state index >= 15 is 0 Å². The van der Waals surface area contributed by atoms with E-state index in [9.17, 15) is 5.11 Å². The van der Waals surface area contributed by atoms with Gasteiger partial charge in [-0.2, -0.15) is 11.8 Å². The Morgan fingerprint density at radius 1 is 1.29 bits per heavy atom. The van der Waals surface area contributed by atoms with Gasteiger partial charge in [-0.15, -0.1) is 0 Å². The van der Waals surface area contributed by atoms with Crippen LogP contribution in [0.15, 0.2) is 30.3 Å². The number of hydrogen-bond acceptors (Lipinski definition) is 4. The fraction of sp³-hybridized carbons (Fsp3) is 0.647. The number of likely N-dealkylation sites (N-methyl/N-ethyl adjacent to an activating group) is 1. The quantitative estimate of drug-likeness (QED) is 0.775. The van der Waals surface area contributed by atoms with E-state index in [1.165, 1.54) is 5.56 Å². The van der Waals surface area contributed by atoms with E-state index in [0.717, 1.165) is 44.8 Å². The van der Waals surface area contributed by atoms with Gasteiger partial charge in [-0.1, -0.05) is 37.3 Å². The van der Waals surface area contributed by atoms with Crippen molar-refractivity contribution < 1.29 is 9.84 Å². The Balaban J connectivity index is 1.95. The van der Waals surface area contributed by atoms with Crippen LogP contribution < -0.4 is 5.32 Å². The molecule has 1 aromatic carbocycles. The molecular weight excluding hydrogens is 282 g/mol. The molecule has 0 saturated carbocycles. The van der Waals surface area contributed by atoms with Gasteiger partial charge in [0, 0.05) is 18.5 Å². The molecule has 2 rings (SSSR count). The van der Waals surface area contributed by atoms with Gasteiger partial charge in [0.1, 0.15) is 0 Å². The molecule has 118 valence electrons. The number of hydrogen-bond donors (Lipinski definition) is 2. The van der Waals surface area contributed by atoms with E-state index in [4.69, 9.17) is 4.74 Å². The zero-order chi connectivity index (χ0) is 15.0. The maximum Gasteiger partial charge on any atom is 0.0676 e. The molecule has 0 radical (unpaired) electrons. The summed E-state index contributed by atoms with van der Waals surface area (Å²) in [6.07, 6.45) is 3.26. The maximum absolute atomic E-state index is 10.0. The van der Waals surface area contributed by atoms with Gasteiger partial charge in [-0.05, 0) is 37.1 Å². The van der Waals surface area contributed by atoms with Crippen LogP contribution in [0.5, 0.6) is 0 Å². The highest BCUT2D eigenvalue weighted by molar-refractivity contribution is 7.99. The van der Waals surface area contributed by atoms with Crippen molar-refractivity contribution in [2.24, 2.45) is 0 Å². The lowest BCUT2D eigenvalue weighted by Gasteiger charge is -2.34. The Bertz CT molecular complexity index is 395. The first-order chi connectivity index (χ1) is 10.3. The number of ether oxygens (including phenoxy) is 1. The summed E-state index contributed by atoms with van der Waals surface area (Å²) in [5, 5.41) is 14.2. The minimum absolute atomic E-state index is 0.138. The van der Waals surface area contributed by atoms with Gasteiger partial charge < -0.3 is 15.2 Å². The fourth-order valence-corrected chi connectivity index (χ4v) is 4.22. The van der Waals surface area contributed by atoms with Crippen molar-refractivity contribution in [3.63, 3.8) is 0 Å². The average molecular weight is 309 g/mol. The van der Waals surface area contributed by atoms with Crippen molar-refractivity contribution in [3.05, 3.63) is 35.9 Å². The van der Waals surface area contributed by atoms with Gasteiger partial charge in [0.05, 0.1) is 12.1 Å². The second kappa shape index (κ2) is 8.79. The summed E-state index contributed by atoms with van der Waals surface area (Å²) in [4.78, 5) is 0. The molecule has 1 aliphatic rings. The van der Waals surface area contributed by atoms with E-state index in [0.29, 0.717) is 5.25 Å². The van der Waals surface area contributed by atoms with Gasteiger partial charge in [0.25, 0.3) is 0 Å². The second-order valence-electron chi connectivity index (χ2n) is 5.57. The largest absolute Gasteiger partial charge is 0.394 e. The van der Waals surface area contributed by atoms with Crippen molar-refractivity contribution in [3.8, 4) is 0 Å². The summed E-state index contributed by atoms with van der Waals surface area (Å²) in [5.41, 5.74) is 0.871. The van der Waals surface area contributed by atoms with E-state index in [2.05, 4.69) is 24.4 Å². The van der Waals surface area contributed by atoms with E-state index < -0.39 is 0 Å². The Morgan fingerprint density at radius 3 is 2.62 bits per heavy atom. The second-order valence-corrected chi connectivity index (χ2v) is 6.98. The van der Waals surface area contributed by atoms with Crippen LogP contribution in [-0.2, 0) is 10.3 Å². The average Bonchev–Trinajstić information content (AvgIpc) is 2.56. The topological polar surface area (TPSA) is 41.5 Å². The van der Waals surface area contributed by atoms with Crippen LogP contribution in [0.1, 0.15) is 31.7 Å². The SMILES string of the molecule is CCNC(CO)(CCSC1CCOCC1)c1ccccc1. The Morgan fingerprint density at radius 2 is 2.00 bits per heavy atom. The van der Waals surface area contributed by atoms with Crippen LogP contribution in [0.2, 0.25) is 0 Å². The lowest BCUT2D eigenvalue weighted by Crippen LogP contribution is -2.46. The van der Waals surface area contributed by atoms with E-state index in [-0.39, 0.29) is 12.1 Å². The molecule has 1 aromatic rings. The summed E-state index contributed by atoms with van der Waals surface area (Å²) in [5.74, 6) is 1.06. The molecule has 0 aliphatic carbocycles. The molecule has 0 spiro atoms. The van der Waals surface area contributed by atoms with Crippen LogP contribution in [0, 0.1) is 0 Å². The third kappa shape index (κ3) is 4.71. The maximum atomic E-state index is 10.0. The molecule has 1 heterocycles. The van der Waals surface area contributed by atoms with Crippen molar-refractivity contribution in [1.82, 2.24) is 5.32 Å². The minimum atomic E-state index is -0.311. The number of aliphatic hydroxyl groups excluding tert-OH is 1. The molecule has 1 aliphatic heterocycles. The van der Waals surface area contributed by atoms with Gasteiger partial charge in [0.15, 0.2) is 0 Å². The monoisotopic (exact) mass is 309 g/mol. The van der Waals surface area contributed by atoms with Crippen LogP contribution in [0.4, 0.5) is 0 Å². The molecule has 0 amide bonds. The lowest BCUT2D eigenvalue weighted by molar-refractivity contribution is 0.0999. The zero-order valence-electron chi connectivity index (χ0n) is 12.9. The van der Waals surface area contributed by atoms with Crippen molar-refractivity contribution >= 4 is 11.8 Å². The van der Waals surface area contributed by atoms with E-state index in [1.807, 2.05) is 30.0 Å². The molecule has 1 unspecified atom stereocenters. The smallest absolute Gasteiger partial charge is 0.0676 e. The summed E-state index contributed by atoms with van der Waals surface area (Å²) >= 11 is 2.03. The highest BCUT2D eigenvalue weighted by atomic mass is 32.2. The molecule has 3 nitrogen and oxygen atoms in total. The molecule has 1 saturated heterocycles. The molecule has 0 aromatic heterocycles. The predicted octanol–water partition coefficient (Wildman–Crippen LogP) is 2.79. The van der Waals surface area contributed by atoms with Gasteiger partial charge in [-0.3, -0.25) is 0 Å². The molecule has 4 heteroatoms. The molecule has 1 atom stereocenters. The summed E-state index contributed by atoms with van der Waals surface area (Å²) in [7, 11) is 0. The van der Waals surface area contributed by atoms with Crippen LogP contribution >= 0.6 is 11.8 Å². The van der Waals surface area contributed by atoms with Gasteiger partial charge in [0.2, 0.25) is 0 Å². The Labute approximate surface area is 132 Å². The first-order valence-electron chi connectivity index (χ1n) is 7.91. The third-order valence-electron chi connectivity index (χ3n) is 4.16. The van der Waals surface area contributed by atoms with Crippen molar-refractivity contribution in [2.75, 3.05) is 32.1 Å². The van der Waals surface area contributed by atoms with E-state index in [1.54, 1.807) is 0 Å². The summed E-state index contributed by atoms with van der Waals surface area (Å²) < 4.78 is 5.41. The number of thioether (sulfide) groups is 1. The molecule has 0 bridgehead atoms. The van der Waals surface area contributed by atoms with Gasteiger partial charge in [-0.25, -0.2) is 0 Å². The van der Waals surface area contributed by atoms with Crippen molar-refractivity contribution in [2.45, 2.75) is 37.0 Å². The molecular formula is C17H27NO2S. The molecule has 21 heavy (non-hydrogen) atoms.